The first-order valence-electron chi connectivity index (χ1n) is 2.63. The monoisotopic (exact) mass is 237 g/mol. The van der Waals surface area contributed by atoms with Crippen LogP contribution in [0.25, 0.3) is 5.32 Å². The van der Waals surface area contributed by atoms with E-state index < -0.39 is 0 Å². The summed E-state index contributed by atoms with van der Waals surface area (Å²) in [6, 6.07) is 0. The van der Waals surface area contributed by atoms with E-state index in [1.165, 1.54) is 19.3 Å². The Hall–Kier alpha value is 1.54. The molecule has 1 saturated heterocycles. The van der Waals surface area contributed by atoms with Gasteiger partial charge >= 0.3 is 0 Å². The van der Waals surface area contributed by atoms with Gasteiger partial charge in [0.25, 0.3) is 0 Å². The Morgan fingerprint density at radius 1 is 0.857 bits per heavy atom. The van der Waals surface area contributed by atoms with Crippen LogP contribution >= 0.6 is 0 Å². The average Bonchev–Trinajstić information content (AvgIpc) is 1.72. The third-order valence-electron chi connectivity index (χ3n) is 1.13. The van der Waals surface area contributed by atoms with Crippen molar-refractivity contribution in [3.05, 3.63) is 5.32 Å². The third kappa shape index (κ3) is 4.07. The van der Waals surface area contributed by atoms with Gasteiger partial charge in [-0.25, -0.2) is 0 Å². The summed E-state index contributed by atoms with van der Waals surface area (Å²) in [6.45, 7) is 2.25. The Morgan fingerprint density at radius 3 is 1.57 bits per heavy atom. The Kier molecular flexibility index (Phi) is 6.93. The summed E-state index contributed by atoms with van der Waals surface area (Å²) in [5, 5.41) is 4.18. The molecular weight excluding hydrogens is 226 g/mol. The van der Waals surface area contributed by atoms with Crippen LogP contribution in [0.3, 0.4) is 0 Å². The molecule has 0 aromatic carbocycles. The van der Waals surface area contributed by atoms with E-state index in [-0.39, 0.29) is 49.4 Å². The van der Waals surface area contributed by atoms with Crippen molar-refractivity contribution in [2.75, 3.05) is 13.1 Å². The van der Waals surface area contributed by atoms with Gasteiger partial charge in [0.1, 0.15) is 0 Å². The number of rotatable bonds is 0. The summed E-state index contributed by atoms with van der Waals surface area (Å²) in [4.78, 5) is 0. The smallest absolute Gasteiger partial charge is 0 e. The standard InChI is InChI=1S/C5H10N.Eu/c1-2-4-6-5-3-1;/h1-5H2;/q-1;. The first kappa shape index (κ1) is 8.54. The number of nitrogens with zero attached hydrogens (tertiary/aromatic N) is 1. The summed E-state index contributed by atoms with van der Waals surface area (Å²) < 4.78 is 0. The molecule has 0 N–H and O–H groups in total. The summed E-state index contributed by atoms with van der Waals surface area (Å²) in [5.74, 6) is 0. The second-order valence-electron chi connectivity index (χ2n) is 1.73. The summed E-state index contributed by atoms with van der Waals surface area (Å²) in [7, 11) is 0. The quantitative estimate of drug-likeness (QED) is 0.605. The van der Waals surface area contributed by atoms with Gasteiger partial charge in [-0.2, -0.15) is 0 Å². The van der Waals surface area contributed by atoms with Gasteiger partial charge in [0, 0.05) is 49.4 Å². The molecule has 2 heteroatoms. The zero-order valence-electron chi connectivity index (χ0n) is 4.36. The molecule has 0 aliphatic carbocycles. The molecule has 1 rings (SSSR count). The topological polar surface area (TPSA) is 14.1 Å². The van der Waals surface area contributed by atoms with E-state index in [2.05, 4.69) is 5.32 Å². The van der Waals surface area contributed by atoms with Gasteiger partial charge in [-0.15, -0.1) is 13.1 Å². The molecule has 1 fully saturated rings. The molecule has 1 aliphatic rings. The van der Waals surface area contributed by atoms with Crippen LogP contribution in [-0.4, -0.2) is 13.1 Å². The fourth-order valence-electron chi connectivity index (χ4n) is 0.736. The van der Waals surface area contributed by atoms with Crippen LogP contribution in [0, 0.1) is 49.4 Å². The van der Waals surface area contributed by atoms with Crippen LogP contribution in [0.2, 0.25) is 0 Å². The second kappa shape index (κ2) is 5.68. The number of hydrogen-bond acceptors (Lipinski definition) is 0. The summed E-state index contributed by atoms with van der Waals surface area (Å²) in [6.07, 6.45) is 4.07. The minimum atomic E-state index is 0. The zero-order chi connectivity index (χ0) is 4.24. The van der Waals surface area contributed by atoms with Crippen molar-refractivity contribution in [1.29, 1.82) is 0 Å². The first-order chi connectivity index (χ1) is 3.00. The van der Waals surface area contributed by atoms with Crippen molar-refractivity contribution >= 4 is 0 Å². The van der Waals surface area contributed by atoms with E-state index in [4.69, 9.17) is 0 Å². The predicted molar refractivity (Wildman–Crippen MR) is 26.9 cm³/mol. The number of piperidine rings is 1. The summed E-state index contributed by atoms with van der Waals surface area (Å²) >= 11 is 0. The zero-order valence-corrected chi connectivity index (χ0v) is 6.79. The van der Waals surface area contributed by atoms with Crippen LogP contribution in [0.1, 0.15) is 19.3 Å². The van der Waals surface area contributed by atoms with E-state index in [1.807, 2.05) is 0 Å². The first-order valence-corrected chi connectivity index (χ1v) is 2.63. The third-order valence-corrected chi connectivity index (χ3v) is 1.13. The Labute approximate surface area is 85.8 Å². The number of hydrogen-bond donors (Lipinski definition) is 0. The maximum Gasteiger partial charge on any atom is 0 e. The molecule has 1 nitrogen and oxygen atoms in total. The van der Waals surface area contributed by atoms with Gasteiger partial charge in [0.15, 0.2) is 0 Å². The second-order valence-corrected chi connectivity index (χ2v) is 1.73. The molecule has 1 heterocycles. The Bertz CT molecular complexity index is 23.6. The van der Waals surface area contributed by atoms with Crippen molar-refractivity contribution in [1.82, 2.24) is 0 Å². The molecule has 0 amide bonds. The van der Waals surface area contributed by atoms with E-state index in [0.29, 0.717) is 0 Å². The molecule has 0 spiro atoms. The fraction of sp³-hybridized carbons (Fsp3) is 1.00. The van der Waals surface area contributed by atoms with Gasteiger partial charge in [0.05, 0.1) is 0 Å². The molecule has 1 aliphatic heterocycles. The molecule has 0 atom stereocenters. The molecule has 0 aromatic rings. The van der Waals surface area contributed by atoms with E-state index in [1.54, 1.807) is 0 Å². The minimum Gasteiger partial charge on any atom is -0.662 e. The largest absolute Gasteiger partial charge is 0.662 e. The van der Waals surface area contributed by atoms with Gasteiger partial charge in [-0.3, -0.25) is 0 Å². The fourth-order valence-corrected chi connectivity index (χ4v) is 0.736. The molecular formula is C5H10EuN-. The molecule has 0 saturated carbocycles. The van der Waals surface area contributed by atoms with Gasteiger partial charge in [-0.1, -0.05) is 19.3 Å². The van der Waals surface area contributed by atoms with Crippen LogP contribution in [0.4, 0.5) is 0 Å². The van der Waals surface area contributed by atoms with Crippen LogP contribution in [-0.2, 0) is 0 Å². The van der Waals surface area contributed by atoms with Crippen molar-refractivity contribution in [2.24, 2.45) is 0 Å². The Morgan fingerprint density at radius 2 is 1.43 bits per heavy atom. The molecule has 43 valence electrons. The van der Waals surface area contributed by atoms with Crippen LogP contribution in [0.15, 0.2) is 0 Å². The van der Waals surface area contributed by atoms with Gasteiger partial charge in [-0.05, 0) is 0 Å². The van der Waals surface area contributed by atoms with Crippen LogP contribution < -0.4 is 0 Å². The minimum absolute atomic E-state index is 0. The average molecular weight is 236 g/mol. The molecule has 7 heavy (non-hydrogen) atoms. The van der Waals surface area contributed by atoms with E-state index >= 15 is 0 Å². The summed E-state index contributed by atoms with van der Waals surface area (Å²) in [5.41, 5.74) is 0. The maximum absolute atomic E-state index is 4.18. The molecule has 0 bridgehead atoms. The van der Waals surface area contributed by atoms with Crippen molar-refractivity contribution in [2.45, 2.75) is 19.3 Å². The van der Waals surface area contributed by atoms with Gasteiger partial charge < -0.3 is 5.32 Å². The maximum atomic E-state index is 4.18. The van der Waals surface area contributed by atoms with E-state index in [9.17, 15) is 0 Å². The molecule has 0 aromatic heterocycles. The molecule has 0 unspecified atom stereocenters. The van der Waals surface area contributed by atoms with Crippen molar-refractivity contribution in [3.63, 3.8) is 0 Å². The molecule has 1 radical (unpaired) electrons. The van der Waals surface area contributed by atoms with Crippen molar-refractivity contribution in [3.8, 4) is 0 Å². The SMILES string of the molecule is C1CC[N-]CC1.[Eu]. The Balaban J connectivity index is 0.000000360. The van der Waals surface area contributed by atoms with E-state index in [0.717, 1.165) is 13.1 Å². The van der Waals surface area contributed by atoms with Crippen LogP contribution in [0.5, 0.6) is 0 Å². The predicted octanol–water partition coefficient (Wildman–Crippen LogP) is 1.54. The van der Waals surface area contributed by atoms with Gasteiger partial charge in [0.2, 0.25) is 0 Å². The normalized spacial score (nSPS) is 20.6. The van der Waals surface area contributed by atoms with Crippen molar-refractivity contribution < 1.29 is 49.4 Å².